The lowest BCUT2D eigenvalue weighted by Crippen LogP contribution is -2.43. The molecule has 2 atom stereocenters. The van der Waals surface area contributed by atoms with Gasteiger partial charge in [0.2, 0.25) is 5.91 Å². The number of carbonyl (C=O) groups excluding carboxylic acids is 1. The second-order valence-electron chi connectivity index (χ2n) is 8.22. The third kappa shape index (κ3) is 5.10. The first kappa shape index (κ1) is 15.9. The fourth-order valence-electron chi connectivity index (χ4n) is 4.57. The smallest absolute Gasteiger partial charge is 0.220 e. The van der Waals surface area contributed by atoms with Gasteiger partial charge in [-0.1, -0.05) is 52.9 Å². The van der Waals surface area contributed by atoms with Crippen LogP contribution in [0.5, 0.6) is 0 Å². The highest BCUT2D eigenvalue weighted by atomic mass is 16.1. The summed E-state index contributed by atoms with van der Waals surface area (Å²) in [5, 5.41) is 3.31. The lowest BCUT2D eigenvalue weighted by Gasteiger charge is -2.39. The van der Waals surface area contributed by atoms with Crippen LogP contribution in [0, 0.1) is 17.3 Å². The summed E-state index contributed by atoms with van der Waals surface area (Å²) < 4.78 is 0. The third-order valence-corrected chi connectivity index (χ3v) is 5.26. The van der Waals surface area contributed by atoms with Gasteiger partial charge in [-0.05, 0) is 42.9 Å². The van der Waals surface area contributed by atoms with Gasteiger partial charge in [-0.3, -0.25) is 4.79 Å². The normalized spacial score (nSPS) is 30.9. The molecule has 2 aliphatic rings. The summed E-state index contributed by atoms with van der Waals surface area (Å²) in [6.45, 7) is 7.00. The molecule has 0 saturated heterocycles. The van der Waals surface area contributed by atoms with Gasteiger partial charge in [0.25, 0.3) is 0 Å². The number of rotatable bonds is 4. The number of nitrogens with one attached hydrogen (secondary N) is 1. The highest BCUT2D eigenvalue weighted by molar-refractivity contribution is 5.76. The summed E-state index contributed by atoms with van der Waals surface area (Å²) in [5.41, 5.74) is 0.388. The van der Waals surface area contributed by atoms with Gasteiger partial charge in [0, 0.05) is 12.5 Å². The maximum Gasteiger partial charge on any atom is 0.220 e. The maximum atomic E-state index is 12.2. The van der Waals surface area contributed by atoms with Crippen molar-refractivity contribution in [1.82, 2.24) is 5.32 Å². The summed E-state index contributed by atoms with van der Waals surface area (Å²) in [6, 6.07) is 0.410. The Kier molecular flexibility index (Phi) is 5.51. The second kappa shape index (κ2) is 6.95. The summed E-state index contributed by atoms with van der Waals surface area (Å²) >= 11 is 0. The van der Waals surface area contributed by atoms with Gasteiger partial charge in [0.1, 0.15) is 0 Å². The van der Waals surface area contributed by atoms with Crippen LogP contribution in [-0.2, 0) is 4.79 Å². The number of amides is 1. The van der Waals surface area contributed by atoms with Crippen molar-refractivity contribution in [3.63, 3.8) is 0 Å². The zero-order valence-electron chi connectivity index (χ0n) is 13.7. The van der Waals surface area contributed by atoms with E-state index in [9.17, 15) is 4.79 Å². The minimum atomic E-state index is 0.297. The van der Waals surface area contributed by atoms with Gasteiger partial charge in [-0.15, -0.1) is 0 Å². The van der Waals surface area contributed by atoms with Crippen molar-refractivity contribution in [3.05, 3.63) is 0 Å². The molecule has 0 unspecified atom stereocenters. The fraction of sp³-hybridized carbons (Fsp3) is 0.944. The SMILES string of the molecule is C[C@H]1C[C@H](NC(=O)CCC2CCCCC2)CC(C)(C)C1. The predicted octanol–water partition coefficient (Wildman–Crippen LogP) is 4.68. The van der Waals surface area contributed by atoms with Crippen LogP contribution in [-0.4, -0.2) is 11.9 Å². The molecule has 2 saturated carbocycles. The standard InChI is InChI=1S/C18H33NO/c1-14-11-16(13-18(2,3)12-14)19-17(20)10-9-15-7-5-4-6-8-15/h14-16H,4-13H2,1-3H3,(H,19,20)/t14-,16-/m0/s1. The highest BCUT2D eigenvalue weighted by Crippen LogP contribution is 2.38. The molecule has 0 aromatic rings. The van der Waals surface area contributed by atoms with E-state index in [0.717, 1.165) is 31.1 Å². The van der Waals surface area contributed by atoms with Crippen LogP contribution in [0.15, 0.2) is 0 Å². The molecule has 0 bridgehead atoms. The maximum absolute atomic E-state index is 12.2. The molecule has 0 aromatic carbocycles. The van der Waals surface area contributed by atoms with Crippen molar-refractivity contribution in [1.29, 1.82) is 0 Å². The molecule has 0 heterocycles. The van der Waals surface area contributed by atoms with Crippen LogP contribution >= 0.6 is 0 Å². The molecule has 0 radical (unpaired) electrons. The van der Waals surface area contributed by atoms with Gasteiger partial charge in [-0.2, -0.15) is 0 Å². The minimum Gasteiger partial charge on any atom is -0.353 e. The molecule has 2 nitrogen and oxygen atoms in total. The first-order chi connectivity index (χ1) is 9.44. The first-order valence-corrected chi connectivity index (χ1v) is 8.74. The Hall–Kier alpha value is -0.530. The largest absolute Gasteiger partial charge is 0.353 e. The van der Waals surface area contributed by atoms with Crippen molar-refractivity contribution in [3.8, 4) is 0 Å². The summed E-state index contributed by atoms with van der Waals surface area (Å²) in [7, 11) is 0. The van der Waals surface area contributed by atoms with Crippen LogP contribution < -0.4 is 5.32 Å². The second-order valence-corrected chi connectivity index (χ2v) is 8.22. The Morgan fingerprint density at radius 2 is 1.85 bits per heavy atom. The molecule has 0 aliphatic heterocycles. The van der Waals surface area contributed by atoms with E-state index < -0.39 is 0 Å². The van der Waals surface area contributed by atoms with Crippen molar-refractivity contribution in [2.24, 2.45) is 17.3 Å². The quantitative estimate of drug-likeness (QED) is 0.795. The third-order valence-electron chi connectivity index (χ3n) is 5.26. The Morgan fingerprint density at radius 3 is 2.50 bits per heavy atom. The van der Waals surface area contributed by atoms with E-state index in [1.54, 1.807) is 0 Å². The van der Waals surface area contributed by atoms with Gasteiger partial charge >= 0.3 is 0 Å². The van der Waals surface area contributed by atoms with E-state index in [-0.39, 0.29) is 0 Å². The molecule has 0 aromatic heterocycles. The van der Waals surface area contributed by atoms with Crippen LogP contribution in [0.4, 0.5) is 0 Å². The lowest BCUT2D eigenvalue weighted by molar-refractivity contribution is -0.122. The molecule has 1 N–H and O–H groups in total. The summed E-state index contributed by atoms with van der Waals surface area (Å²) in [5.74, 6) is 1.85. The van der Waals surface area contributed by atoms with Gasteiger partial charge < -0.3 is 5.32 Å². The van der Waals surface area contributed by atoms with Gasteiger partial charge in [0.15, 0.2) is 0 Å². The van der Waals surface area contributed by atoms with Crippen molar-refractivity contribution in [2.75, 3.05) is 0 Å². The molecule has 1 amide bonds. The average molecular weight is 279 g/mol. The Bertz CT molecular complexity index is 317. The van der Waals surface area contributed by atoms with Crippen molar-refractivity contribution >= 4 is 5.91 Å². The fourth-order valence-corrected chi connectivity index (χ4v) is 4.57. The van der Waals surface area contributed by atoms with Gasteiger partial charge in [-0.25, -0.2) is 0 Å². The number of carbonyl (C=O) groups is 1. The van der Waals surface area contributed by atoms with E-state index in [0.29, 0.717) is 17.4 Å². The molecular formula is C18H33NO. The Morgan fingerprint density at radius 1 is 1.15 bits per heavy atom. The van der Waals surface area contributed by atoms with Crippen molar-refractivity contribution < 1.29 is 4.79 Å². The molecule has 2 fully saturated rings. The first-order valence-electron chi connectivity index (χ1n) is 8.74. The van der Waals surface area contributed by atoms with E-state index in [1.165, 1.54) is 44.9 Å². The summed E-state index contributed by atoms with van der Waals surface area (Å²) in [6.07, 6.45) is 12.3. The van der Waals surface area contributed by atoms with E-state index in [4.69, 9.17) is 0 Å². The molecule has 2 heteroatoms. The Balaban J connectivity index is 1.70. The molecular weight excluding hydrogens is 246 g/mol. The average Bonchev–Trinajstić information content (AvgIpc) is 2.35. The van der Waals surface area contributed by atoms with Crippen LogP contribution in [0.25, 0.3) is 0 Å². The lowest BCUT2D eigenvalue weighted by atomic mass is 9.70. The molecule has 0 spiro atoms. The van der Waals surface area contributed by atoms with Crippen LogP contribution in [0.1, 0.15) is 85.0 Å². The highest BCUT2D eigenvalue weighted by Gasteiger charge is 2.32. The monoisotopic (exact) mass is 279 g/mol. The molecule has 2 rings (SSSR count). The molecule has 2 aliphatic carbocycles. The molecule has 116 valence electrons. The Labute approximate surface area is 125 Å². The topological polar surface area (TPSA) is 29.1 Å². The van der Waals surface area contributed by atoms with Crippen LogP contribution in [0.3, 0.4) is 0 Å². The van der Waals surface area contributed by atoms with Gasteiger partial charge in [0.05, 0.1) is 0 Å². The molecule has 20 heavy (non-hydrogen) atoms. The van der Waals surface area contributed by atoms with Crippen molar-refractivity contribution in [2.45, 2.75) is 91.0 Å². The zero-order valence-corrected chi connectivity index (χ0v) is 13.7. The number of hydrogen-bond donors (Lipinski definition) is 1. The predicted molar refractivity (Wildman–Crippen MR) is 84.5 cm³/mol. The zero-order chi connectivity index (χ0) is 14.6. The number of hydrogen-bond acceptors (Lipinski definition) is 1. The van der Waals surface area contributed by atoms with E-state index in [1.807, 2.05) is 0 Å². The minimum absolute atomic E-state index is 0.297. The van der Waals surface area contributed by atoms with E-state index >= 15 is 0 Å². The van der Waals surface area contributed by atoms with E-state index in [2.05, 4.69) is 26.1 Å². The summed E-state index contributed by atoms with van der Waals surface area (Å²) in [4.78, 5) is 12.2. The van der Waals surface area contributed by atoms with Crippen LogP contribution in [0.2, 0.25) is 0 Å².